The van der Waals surface area contributed by atoms with Gasteiger partial charge >= 0.3 is 0 Å². The van der Waals surface area contributed by atoms with Crippen molar-refractivity contribution < 1.29 is 9.21 Å². The molecule has 1 aromatic carbocycles. The lowest BCUT2D eigenvalue weighted by molar-refractivity contribution is 0.0650. The van der Waals surface area contributed by atoms with Crippen molar-refractivity contribution in [2.75, 3.05) is 7.05 Å². The second-order valence-electron chi connectivity index (χ2n) is 9.17. The highest BCUT2D eigenvalue weighted by atomic mass is 35.5. The largest absolute Gasteiger partial charge is 0.451 e. The molecule has 2 fully saturated rings. The van der Waals surface area contributed by atoms with Gasteiger partial charge in [-0.3, -0.25) is 4.79 Å². The molecule has 2 aliphatic rings. The molecule has 4 nitrogen and oxygen atoms in total. The lowest BCUT2D eigenvalue weighted by atomic mass is 9.86. The molecule has 2 saturated heterocycles. The molecule has 1 aromatic heterocycles. The zero-order valence-corrected chi connectivity index (χ0v) is 18.0. The smallest absolute Gasteiger partial charge is 0.289 e. The second-order valence-corrected chi connectivity index (χ2v) is 9.17. The average molecular weight is 403 g/mol. The van der Waals surface area contributed by atoms with Crippen LogP contribution in [0, 0.1) is 0 Å². The molecule has 5 heteroatoms. The average Bonchev–Trinajstić information content (AvgIpc) is 3.26. The van der Waals surface area contributed by atoms with Crippen LogP contribution in [0.15, 0.2) is 40.8 Å². The number of furan rings is 1. The Hall–Kier alpha value is -1.78. The Morgan fingerprint density at radius 3 is 2.21 bits per heavy atom. The Morgan fingerprint density at radius 2 is 1.64 bits per heavy atom. The van der Waals surface area contributed by atoms with Crippen LogP contribution in [0.4, 0.5) is 0 Å². The quantitative estimate of drug-likeness (QED) is 0.783. The summed E-state index contributed by atoms with van der Waals surface area (Å²) in [6.45, 7) is 6.61. The number of hydrogen-bond donors (Lipinski definition) is 1. The number of nitrogens with one attached hydrogen (secondary N) is 1. The fraction of sp³-hybridized carbons (Fsp3) is 0.522. The molecule has 2 atom stereocenters. The van der Waals surface area contributed by atoms with Gasteiger partial charge in [-0.25, -0.2) is 0 Å². The molecule has 152 valence electrons. The Balaban J connectivity index is 0.00000225. The van der Waals surface area contributed by atoms with E-state index in [-0.39, 0.29) is 23.7 Å². The Labute approximate surface area is 174 Å². The first-order chi connectivity index (χ1) is 12.8. The summed E-state index contributed by atoms with van der Waals surface area (Å²) in [6, 6.07) is 13.6. The molecule has 4 rings (SSSR count). The normalized spacial score (nSPS) is 23.9. The minimum atomic E-state index is -0.0149. The first-order valence-corrected chi connectivity index (χ1v) is 10.1. The van der Waals surface area contributed by atoms with Gasteiger partial charge in [-0.05, 0) is 48.8 Å². The molecule has 2 aromatic rings. The van der Waals surface area contributed by atoms with Crippen molar-refractivity contribution in [2.45, 2.75) is 70.0 Å². The predicted octanol–water partition coefficient (Wildman–Crippen LogP) is 5.02. The van der Waals surface area contributed by atoms with E-state index >= 15 is 0 Å². The van der Waals surface area contributed by atoms with E-state index in [1.807, 2.05) is 24.1 Å². The number of piperidine rings is 1. The molecule has 0 saturated carbocycles. The van der Waals surface area contributed by atoms with E-state index < -0.39 is 0 Å². The topological polar surface area (TPSA) is 45.5 Å². The van der Waals surface area contributed by atoms with Gasteiger partial charge in [0, 0.05) is 30.7 Å². The number of rotatable bonds is 3. The third-order valence-corrected chi connectivity index (χ3v) is 6.17. The van der Waals surface area contributed by atoms with Crippen LogP contribution in [0.2, 0.25) is 0 Å². The molecule has 28 heavy (non-hydrogen) atoms. The molecule has 2 unspecified atom stereocenters. The number of hydrogen-bond acceptors (Lipinski definition) is 3. The van der Waals surface area contributed by atoms with E-state index in [4.69, 9.17) is 4.42 Å². The maximum atomic E-state index is 12.9. The van der Waals surface area contributed by atoms with Gasteiger partial charge in [-0.1, -0.05) is 45.0 Å². The molecule has 1 amide bonds. The van der Waals surface area contributed by atoms with Gasteiger partial charge in [0.05, 0.1) is 0 Å². The summed E-state index contributed by atoms with van der Waals surface area (Å²) in [6.07, 6.45) is 4.55. The third kappa shape index (κ3) is 4.13. The second kappa shape index (κ2) is 7.92. The molecule has 2 bridgehead atoms. The van der Waals surface area contributed by atoms with Gasteiger partial charge in [0.1, 0.15) is 5.76 Å². The van der Waals surface area contributed by atoms with E-state index in [2.05, 4.69) is 50.4 Å². The number of fused-ring (bicyclic) bond motifs is 2. The summed E-state index contributed by atoms with van der Waals surface area (Å²) in [5.41, 5.74) is 2.42. The van der Waals surface area contributed by atoms with Crippen molar-refractivity contribution in [3.8, 4) is 11.3 Å². The number of nitrogens with zero attached hydrogens (tertiary/aromatic N) is 1. The van der Waals surface area contributed by atoms with Crippen molar-refractivity contribution in [1.82, 2.24) is 10.2 Å². The van der Waals surface area contributed by atoms with Gasteiger partial charge in [-0.15, -0.1) is 12.4 Å². The van der Waals surface area contributed by atoms with Crippen LogP contribution in [-0.4, -0.2) is 36.0 Å². The van der Waals surface area contributed by atoms with Crippen molar-refractivity contribution in [3.63, 3.8) is 0 Å². The Morgan fingerprint density at radius 1 is 1.04 bits per heavy atom. The first-order valence-electron chi connectivity index (χ1n) is 10.1. The maximum Gasteiger partial charge on any atom is 0.289 e. The van der Waals surface area contributed by atoms with Gasteiger partial charge in [-0.2, -0.15) is 0 Å². The Bertz CT molecular complexity index is 810. The van der Waals surface area contributed by atoms with Crippen LogP contribution in [0.1, 0.15) is 62.6 Å². The highest BCUT2D eigenvalue weighted by Crippen LogP contribution is 2.31. The summed E-state index contributed by atoms with van der Waals surface area (Å²) >= 11 is 0. The van der Waals surface area contributed by atoms with Crippen LogP contribution >= 0.6 is 12.4 Å². The van der Waals surface area contributed by atoms with Crippen LogP contribution < -0.4 is 5.32 Å². The van der Waals surface area contributed by atoms with Crippen LogP contribution in [0.3, 0.4) is 0 Å². The van der Waals surface area contributed by atoms with Gasteiger partial charge < -0.3 is 14.6 Å². The lowest BCUT2D eigenvalue weighted by Gasteiger charge is -2.35. The van der Waals surface area contributed by atoms with Crippen molar-refractivity contribution in [1.29, 1.82) is 0 Å². The summed E-state index contributed by atoms with van der Waals surface area (Å²) in [5.74, 6) is 1.16. The highest BCUT2D eigenvalue weighted by molar-refractivity contribution is 5.92. The van der Waals surface area contributed by atoms with Crippen LogP contribution in [0.5, 0.6) is 0 Å². The van der Waals surface area contributed by atoms with Crippen LogP contribution in [0.25, 0.3) is 11.3 Å². The van der Waals surface area contributed by atoms with Crippen LogP contribution in [-0.2, 0) is 5.41 Å². The SMILES string of the molecule is CN(C(=O)c1ccc(-c2ccc(C(C)(C)C)cc2)o1)C1CC2CCC(C1)N2.Cl. The number of amides is 1. The van der Waals surface area contributed by atoms with E-state index in [9.17, 15) is 4.79 Å². The highest BCUT2D eigenvalue weighted by Gasteiger charge is 2.37. The number of carbonyl (C=O) groups excluding carboxylic acids is 1. The molecule has 2 aliphatic heterocycles. The lowest BCUT2D eigenvalue weighted by Crippen LogP contribution is -2.48. The minimum absolute atomic E-state index is 0. The predicted molar refractivity (Wildman–Crippen MR) is 115 cm³/mol. The summed E-state index contributed by atoms with van der Waals surface area (Å²) < 4.78 is 5.93. The van der Waals surface area contributed by atoms with Gasteiger partial charge in [0.15, 0.2) is 5.76 Å². The standard InChI is InChI=1S/C23H30N2O2.ClH/c1-23(2,3)16-7-5-15(6-8-16)20-11-12-21(27-20)22(26)25(4)19-13-17-9-10-18(14-19)24-17;/h5-8,11-12,17-19,24H,9-10,13-14H2,1-4H3;1H. The third-order valence-electron chi connectivity index (χ3n) is 6.17. The maximum absolute atomic E-state index is 12.9. The van der Waals surface area contributed by atoms with E-state index in [0.717, 1.165) is 24.2 Å². The van der Waals surface area contributed by atoms with E-state index in [1.165, 1.54) is 18.4 Å². The fourth-order valence-corrected chi connectivity index (χ4v) is 4.43. The monoisotopic (exact) mass is 402 g/mol. The molecule has 0 aliphatic carbocycles. The first kappa shape index (κ1) is 20.9. The Kier molecular flexibility index (Phi) is 5.92. The summed E-state index contributed by atoms with van der Waals surface area (Å²) in [7, 11) is 1.91. The zero-order valence-electron chi connectivity index (χ0n) is 17.2. The van der Waals surface area contributed by atoms with E-state index in [0.29, 0.717) is 23.9 Å². The molecule has 1 N–H and O–H groups in total. The van der Waals surface area contributed by atoms with E-state index in [1.54, 1.807) is 0 Å². The zero-order chi connectivity index (χ0) is 19.2. The van der Waals surface area contributed by atoms with Gasteiger partial charge in [0.25, 0.3) is 5.91 Å². The number of benzene rings is 1. The molecule has 0 radical (unpaired) electrons. The molecular weight excluding hydrogens is 372 g/mol. The van der Waals surface area contributed by atoms with Gasteiger partial charge in [0.2, 0.25) is 0 Å². The molecular formula is C23H31ClN2O2. The minimum Gasteiger partial charge on any atom is -0.451 e. The fourth-order valence-electron chi connectivity index (χ4n) is 4.43. The molecule has 0 spiro atoms. The van der Waals surface area contributed by atoms with Crippen molar-refractivity contribution in [2.24, 2.45) is 0 Å². The number of halogens is 1. The van der Waals surface area contributed by atoms with Crippen molar-refractivity contribution >= 4 is 18.3 Å². The number of carbonyl (C=O) groups is 1. The van der Waals surface area contributed by atoms with Crippen molar-refractivity contribution in [3.05, 3.63) is 47.7 Å². The summed E-state index contributed by atoms with van der Waals surface area (Å²) in [5, 5.41) is 3.63. The summed E-state index contributed by atoms with van der Waals surface area (Å²) in [4.78, 5) is 14.8. The molecule has 3 heterocycles.